The van der Waals surface area contributed by atoms with E-state index in [0.29, 0.717) is 11.4 Å². The summed E-state index contributed by atoms with van der Waals surface area (Å²) in [5.74, 6) is -0.394. The van der Waals surface area contributed by atoms with Gasteiger partial charge in [0.15, 0.2) is 11.5 Å². The van der Waals surface area contributed by atoms with Gasteiger partial charge in [-0.2, -0.15) is 0 Å². The molecule has 0 saturated carbocycles. The molecule has 1 heterocycles. The number of nitrogens with zero attached hydrogens (tertiary/aromatic N) is 1. The fourth-order valence-corrected chi connectivity index (χ4v) is 1.65. The van der Waals surface area contributed by atoms with Crippen LogP contribution in [0.2, 0.25) is 0 Å². The molecule has 21 heavy (non-hydrogen) atoms. The molecular formula is C14H13F3N2O2. The van der Waals surface area contributed by atoms with Crippen LogP contribution >= 0.6 is 0 Å². The molecule has 2 aromatic rings. The molecule has 0 atom stereocenters. The number of para-hydroxylation sites is 2. The van der Waals surface area contributed by atoms with Gasteiger partial charge in [0.2, 0.25) is 0 Å². The van der Waals surface area contributed by atoms with Crippen LogP contribution in [0.1, 0.15) is 11.4 Å². The van der Waals surface area contributed by atoms with Gasteiger partial charge in [-0.3, -0.25) is 4.98 Å². The van der Waals surface area contributed by atoms with Gasteiger partial charge in [0, 0.05) is 6.54 Å². The second-order valence-corrected chi connectivity index (χ2v) is 4.11. The Hall–Kier alpha value is -2.28. The first-order valence-corrected chi connectivity index (χ1v) is 6.10. The summed E-state index contributed by atoms with van der Waals surface area (Å²) >= 11 is 0. The number of halogens is 3. The van der Waals surface area contributed by atoms with Gasteiger partial charge in [-0.25, -0.2) is 0 Å². The Balaban J connectivity index is 2.09. The maximum Gasteiger partial charge on any atom is 0.573 e. The lowest BCUT2D eigenvalue weighted by molar-refractivity contribution is -0.275. The summed E-state index contributed by atoms with van der Waals surface area (Å²) < 4.78 is 46.1. The van der Waals surface area contributed by atoms with Gasteiger partial charge in [0.05, 0.1) is 11.4 Å². The number of rotatable bonds is 5. The third-order valence-electron chi connectivity index (χ3n) is 2.52. The third kappa shape index (κ3) is 4.64. The standard InChI is InChI=1S/C14H13F3N2O2/c15-14(16,17)21-13-7-2-1-6-12(13)20-9-11-5-3-4-10(8-18)19-11/h1-7H,8-9,18H2. The SMILES string of the molecule is NCc1cccc(COc2ccccc2OC(F)(F)F)n1. The van der Waals surface area contributed by atoms with Crippen LogP contribution in [0.15, 0.2) is 42.5 Å². The van der Waals surface area contributed by atoms with E-state index < -0.39 is 6.36 Å². The van der Waals surface area contributed by atoms with Crippen LogP contribution < -0.4 is 15.2 Å². The highest BCUT2D eigenvalue weighted by Gasteiger charge is 2.32. The fourth-order valence-electron chi connectivity index (χ4n) is 1.65. The number of pyridine rings is 1. The monoisotopic (exact) mass is 298 g/mol. The van der Waals surface area contributed by atoms with Crippen molar-refractivity contribution in [3.8, 4) is 11.5 Å². The first kappa shape index (κ1) is 15.1. The van der Waals surface area contributed by atoms with Crippen LogP contribution in [0.4, 0.5) is 13.2 Å². The van der Waals surface area contributed by atoms with Gasteiger partial charge in [-0.1, -0.05) is 18.2 Å². The molecule has 7 heteroatoms. The van der Waals surface area contributed by atoms with Gasteiger partial charge in [-0.05, 0) is 24.3 Å². The summed E-state index contributed by atoms with van der Waals surface area (Å²) in [4.78, 5) is 4.20. The van der Waals surface area contributed by atoms with Crippen molar-refractivity contribution in [1.29, 1.82) is 0 Å². The molecule has 2 rings (SSSR count). The van der Waals surface area contributed by atoms with E-state index in [2.05, 4.69) is 9.72 Å². The van der Waals surface area contributed by atoms with Gasteiger partial charge >= 0.3 is 6.36 Å². The van der Waals surface area contributed by atoms with E-state index in [9.17, 15) is 13.2 Å². The number of nitrogens with two attached hydrogens (primary N) is 1. The molecule has 1 aromatic carbocycles. The molecular weight excluding hydrogens is 285 g/mol. The van der Waals surface area contributed by atoms with Crippen molar-refractivity contribution in [2.75, 3.05) is 0 Å². The van der Waals surface area contributed by atoms with Crippen molar-refractivity contribution < 1.29 is 22.6 Å². The molecule has 1 aromatic heterocycles. The van der Waals surface area contributed by atoms with E-state index in [-0.39, 0.29) is 24.7 Å². The van der Waals surface area contributed by atoms with E-state index in [1.807, 2.05) is 0 Å². The number of benzene rings is 1. The average Bonchev–Trinajstić information content (AvgIpc) is 2.45. The zero-order valence-electron chi connectivity index (χ0n) is 10.9. The van der Waals surface area contributed by atoms with E-state index in [0.717, 1.165) is 0 Å². The minimum atomic E-state index is -4.77. The first-order valence-electron chi connectivity index (χ1n) is 6.10. The summed E-state index contributed by atoms with van der Waals surface area (Å²) in [5.41, 5.74) is 6.72. The molecule has 112 valence electrons. The number of hydrogen-bond acceptors (Lipinski definition) is 4. The molecule has 0 fully saturated rings. The molecule has 0 amide bonds. The number of hydrogen-bond donors (Lipinski definition) is 1. The zero-order valence-corrected chi connectivity index (χ0v) is 10.9. The fraction of sp³-hybridized carbons (Fsp3) is 0.214. The van der Waals surface area contributed by atoms with Crippen molar-refractivity contribution in [3.63, 3.8) is 0 Å². The van der Waals surface area contributed by atoms with Gasteiger partial charge in [0.25, 0.3) is 0 Å². The summed E-state index contributed by atoms with van der Waals surface area (Å²) in [6.45, 7) is 0.299. The Kier molecular flexibility index (Phi) is 4.64. The maximum atomic E-state index is 12.3. The van der Waals surface area contributed by atoms with Crippen LogP contribution in [-0.2, 0) is 13.2 Å². The summed E-state index contributed by atoms with van der Waals surface area (Å²) in [6.07, 6.45) is -4.77. The lowest BCUT2D eigenvalue weighted by Crippen LogP contribution is -2.17. The molecule has 0 aliphatic heterocycles. The second-order valence-electron chi connectivity index (χ2n) is 4.11. The Bertz CT molecular complexity index is 603. The molecule has 4 nitrogen and oxygen atoms in total. The van der Waals surface area contributed by atoms with Gasteiger partial charge in [0.1, 0.15) is 6.61 Å². The van der Waals surface area contributed by atoms with E-state index >= 15 is 0 Å². The van der Waals surface area contributed by atoms with Crippen LogP contribution in [0.5, 0.6) is 11.5 Å². The Morgan fingerprint density at radius 3 is 2.29 bits per heavy atom. The molecule has 0 radical (unpaired) electrons. The predicted molar refractivity (Wildman–Crippen MR) is 69.6 cm³/mol. The lowest BCUT2D eigenvalue weighted by Gasteiger charge is -2.13. The first-order chi connectivity index (χ1) is 9.98. The molecule has 0 saturated heterocycles. The third-order valence-corrected chi connectivity index (χ3v) is 2.52. The van der Waals surface area contributed by atoms with E-state index in [1.165, 1.54) is 18.2 Å². The van der Waals surface area contributed by atoms with Crippen molar-refractivity contribution in [2.45, 2.75) is 19.5 Å². The Labute approximate surface area is 119 Å². The highest BCUT2D eigenvalue weighted by molar-refractivity contribution is 5.39. The van der Waals surface area contributed by atoms with Crippen molar-refractivity contribution in [1.82, 2.24) is 4.98 Å². The normalized spacial score (nSPS) is 11.2. The van der Waals surface area contributed by atoms with Crippen LogP contribution in [0, 0.1) is 0 Å². The topological polar surface area (TPSA) is 57.4 Å². The van der Waals surface area contributed by atoms with Crippen LogP contribution in [-0.4, -0.2) is 11.3 Å². The average molecular weight is 298 g/mol. The van der Waals surface area contributed by atoms with Crippen molar-refractivity contribution in [3.05, 3.63) is 53.9 Å². The predicted octanol–water partition coefficient (Wildman–Crippen LogP) is 3.02. The number of aromatic nitrogens is 1. The maximum absolute atomic E-state index is 12.3. The van der Waals surface area contributed by atoms with Gasteiger partial charge in [-0.15, -0.1) is 13.2 Å². The lowest BCUT2D eigenvalue weighted by atomic mass is 10.3. The quantitative estimate of drug-likeness (QED) is 0.922. The van der Waals surface area contributed by atoms with E-state index in [4.69, 9.17) is 10.5 Å². The second kappa shape index (κ2) is 6.45. The largest absolute Gasteiger partial charge is 0.573 e. The van der Waals surface area contributed by atoms with Gasteiger partial charge < -0.3 is 15.2 Å². The zero-order chi connectivity index (χ0) is 15.3. The Morgan fingerprint density at radius 1 is 0.952 bits per heavy atom. The smallest absolute Gasteiger partial charge is 0.483 e. The van der Waals surface area contributed by atoms with Crippen LogP contribution in [0.25, 0.3) is 0 Å². The summed E-state index contributed by atoms with van der Waals surface area (Å²) in [6, 6.07) is 10.8. The van der Waals surface area contributed by atoms with E-state index in [1.54, 1.807) is 24.3 Å². The molecule has 2 N–H and O–H groups in total. The molecule has 0 unspecified atom stereocenters. The molecule has 0 bridgehead atoms. The molecule has 0 aliphatic carbocycles. The Morgan fingerprint density at radius 2 is 1.62 bits per heavy atom. The minimum Gasteiger partial charge on any atom is -0.483 e. The van der Waals surface area contributed by atoms with Crippen molar-refractivity contribution in [2.24, 2.45) is 5.73 Å². The number of ether oxygens (including phenoxy) is 2. The summed E-state index contributed by atoms with van der Waals surface area (Å²) in [5, 5.41) is 0. The highest BCUT2D eigenvalue weighted by Crippen LogP contribution is 2.32. The van der Waals surface area contributed by atoms with Crippen molar-refractivity contribution >= 4 is 0 Å². The summed E-state index contributed by atoms with van der Waals surface area (Å²) in [7, 11) is 0. The molecule has 0 aliphatic rings. The molecule has 0 spiro atoms. The van der Waals surface area contributed by atoms with Crippen LogP contribution in [0.3, 0.4) is 0 Å². The minimum absolute atomic E-state index is 0.00484. The number of alkyl halides is 3. The highest BCUT2D eigenvalue weighted by atomic mass is 19.4.